The number of benzene rings is 2. The molecule has 0 unspecified atom stereocenters. The molecule has 150 valence electrons. The summed E-state index contributed by atoms with van der Waals surface area (Å²) in [4.78, 5) is 27.4. The van der Waals surface area contributed by atoms with Gasteiger partial charge in [-0.3, -0.25) is 9.59 Å². The fourth-order valence-electron chi connectivity index (χ4n) is 3.00. The lowest BCUT2D eigenvalue weighted by Crippen LogP contribution is -2.48. The molecule has 0 spiro atoms. The standard InChI is InChI=1S/C23H29BrN2O2/c1-5-11-25-23(28)18(4)26(15-20-7-6-8-21(24)13-20)22(27)14-19-10-9-16(2)17(3)12-19/h6-10,12-13,18H,5,11,14-15H2,1-4H3,(H,25,28)/t18-/m1/s1. The highest BCUT2D eigenvalue weighted by Gasteiger charge is 2.26. The molecule has 0 aromatic heterocycles. The summed E-state index contributed by atoms with van der Waals surface area (Å²) in [5.74, 6) is -0.173. The van der Waals surface area contributed by atoms with Gasteiger partial charge in [0.15, 0.2) is 0 Å². The first-order valence-electron chi connectivity index (χ1n) is 9.69. The lowest BCUT2D eigenvalue weighted by molar-refractivity contribution is -0.140. The Kier molecular flexibility index (Phi) is 8.24. The van der Waals surface area contributed by atoms with E-state index < -0.39 is 6.04 Å². The molecule has 0 saturated carbocycles. The minimum Gasteiger partial charge on any atom is -0.354 e. The quantitative estimate of drug-likeness (QED) is 0.648. The third-order valence-electron chi connectivity index (χ3n) is 4.89. The Morgan fingerprint density at radius 3 is 2.46 bits per heavy atom. The maximum Gasteiger partial charge on any atom is 0.242 e. The maximum atomic E-state index is 13.2. The predicted octanol–water partition coefficient (Wildman–Crippen LogP) is 4.55. The van der Waals surface area contributed by atoms with Gasteiger partial charge in [-0.05, 0) is 61.6 Å². The Balaban J connectivity index is 2.23. The van der Waals surface area contributed by atoms with Gasteiger partial charge in [-0.2, -0.15) is 0 Å². The van der Waals surface area contributed by atoms with E-state index in [-0.39, 0.29) is 18.2 Å². The molecule has 1 atom stereocenters. The summed E-state index contributed by atoms with van der Waals surface area (Å²) in [5.41, 5.74) is 4.32. The van der Waals surface area contributed by atoms with Gasteiger partial charge >= 0.3 is 0 Å². The van der Waals surface area contributed by atoms with E-state index >= 15 is 0 Å². The number of rotatable bonds is 8. The van der Waals surface area contributed by atoms with Gasteiger partial charge in [0.1, 0.15) is 6.04 Å². The molecule has 2 aromatic rings. The minimum absolute atomic E-state index is 0.0534. The molecule has 2 rings (SSSR count). The second kappa shape index (κ2) is 10.4. The van der Waals surface area contributed by atoms with Gasteiger partial charge in [0.05, 0.1) is 6.42 Å². The summed E-state index contributed by atoms with van der Waals surface area (Å²) in [5, 5.41) is 2.90. The molecule has 0 aliphatic heterocycles. The molecule has 28 heavy (non-hydrogen) atoms. The summed E-state index contributed by atoms with van der Waals surface area (Å²) < 4.78 is 0.953. The number of nitrogens with one attached hydrogen (secondary N) is 1. The monoisotopic (exact) mass is 444 g/mol. The van der Waals surface area contributed by atoms with E-state index in [1.165, 1.54) is 5.56 Å². The van der Waals surface area contributed by atoms with Gasteiger partial charge in [0, 0.05) is 17.6 Å². The number of carbonyl (C=O) groups excluding carboxylic acids is 2. The minimum atomic E-state index is -0.537. The maximum absolute atomic E-state index is 13.2. The fourth-order valence-corrected chi connectivity index (χ4v) is 3.45. The van der Waals surface area contributed by atoms with Crippen molar-refractivity contribution in [3.63, 3.8) is 0 Å². The first kappa shape index (κ1) is 22.2. The highest BCUT2D eigenvalue weighted by Crippen LogP contribution is 2.17. The Morgan fingerprint density at radius 2 is 1.82 bits per heavy atom. The molecule has 0 aliphatic carbocycles. The summed E-state index contributed by atoms with van der Waals surface area (Å²) in [6.45, 7) is 8.91. The van der Waals surface area contributed by atoms with Crippen molar-refractivity contribution in [2.45, 2.75) is 53.1 Å². The molecule has 0 saturated heterocycles. The Bertz CT molecular complexity index is 835. The summed E-state index contributed by atoms with van der Waals surface area (Å²) in [6.07, 6.45) is 1.14. The van der Waals surface area contributed by atoms with Crippen molar-refractivity contribution in [3.8, 4) is 0 Å². The Morgan fingerprint density at radius 1 is 1.07 bits per heavy atom. The molecule has 0 heterocycles. The van der Waals surface area contributed by atoms with Crippen LogP contribution in [0.15, 0.2) is 46.9 Å². The van der Waals surface area contributed by atoms with Crippen molar-refractivity contribution in [2.24, 2.45) is 0 Å². The first-order valence-corrected chi connectivity index (χ1v) is 10.5. The average molecular weight is 445 g/mol. The highest BCUT2D eigenvalue weighted by atomic mass is 79.9. The van der Waals surface area contributed by atoms with Crippen molar-refractivity contribution in [2.75, 3.05) is 6.54 Å². The van der Waals surface area contributed by atoms with Gasteiger partial charge in [0.2, 0.25) is 11.8 Å². The van der Waals surface area contributed by atoms with Gasteiger partial charge in [-0.1, -0.05) is 53.2 Å². The van der Waals surface area contributed by atoms with Crippen molar-refractivity contribution < 1.29 is 9.59 Å². The second-order valence-electron chi connectivity index (χ2n) is 7.21. The van der Waals surface area contributed by atoms with Crippen molar-refractivity contribution in [1.82, 2.24) is 10.2 Å². The molecule has 0 radical (unpaired) electrons. The van der Waals surface area contributed by atoms with Crippen LogP contribution in [0.3, 0.4) is 0 Å². The van der Waals surface area contributed by atoms with Gasteiger partial charge in [-0.25, -0.2) is 0 Å². The largest absolute Gasteiger partial charge is 0.354 e. The zero-order valence-electron chi connectivity index (χ0n) is 17.1. The van der Waals surface area contributed by atoms with Crippen LogP contribution in [0.4, 0.5) is 0 Å². The van der Waals surface area contributed by atoms with E-state index in [4.69, 9.17) is 0 Å². The van der Waals surface area contributed by atoms with E-state index in [0.717, 1.165) is 27.6 Å². The third-order valence-corrected chi connectivity index (χ3v) is 5.38. The van der Waals surface area contributed by atoms with Crippen molar-refractivity contribution in [3.05, 3.63) is 69.2 Å². The molecule has 5 heteroatoms. The van der Waals surface area contributed by atoms with E-state index in [1.54, 1.807) is 11.8 Å². The van der Waals surface area contributed by atoms with Gasteiger partial charge in [0.25, 0.3) is 0 Å². The van der Waals surface area contributed by atoms with Crippen LogP contribution in [-0.2, 0) is 22.6 Å². The smallest absolute Gasteiger partial charge is 0.242 e. The first-order chi connectivity index (χ1) is 13.3. The molecular weight excluding hydrogens is 416 g/mol. The molecule has 0 fully saturated rings. The molecule has 1 N–H and O–H groups in total. The van der Waals surface area contributed by atoms with Crippen LogP contribution >= 0.6 is 15.9 Å². The van der Waals surface area contributed by atoms with Crippen molar-refractivity contribution >= 4 is 27.7 Å². The number of hydrogen-bond acceptors (Lipinski definition) is 2. The van der Waals surface area contributed by atoms with Crippen LogP contribution in [0.1, 0.15) is 42.5 Å². The third kappa shape index (κ3) is 6.20. The van der Waals surface area contributed by atoms with E-state index in [0.29, 0.717) is 13.1 Å². The van der Waals surface area contributed by atoms with Crippen LogP contribution in [0.25, 0.3) is 0 Å². The van der Waals surface area contributed by atoms with Crippen LogP contribution in [0.2, 0.25) is 0 Å². The average Bonchev–Trinajstić information content (AvgIpc) is 2.66. The van der Waals surface area contributed by atoms with E-state index in [2.05, 4.69) is 28.2 Å². The van der Waals surface area contributed by atoms with E-state index in [9.17, 15) is 9.59 Å². The predicted molar refractivity (Wildman–Crippen MR) is 117 cm³/mol. The highest BCUT2D eigenvalue weighted by molar-refractivity contribution is 9.10. The molecule has 4 nitrogen and oxygen atoms in total. The normalized spacial score (nSPS) is 11.8. The number of nitrogens with zero attached hydrogens (tertiary/aromatic N) is 1. The second-order valence-corrected chi connectivity index (χ2v) is 8.13. The lowest BCUT2D eigenvalue weighted by atomic mass is 10.0. The van der Waals surface area contributed by atoms with Crippen LogP contribution in [0.5, 0.6) is 0 Å². The topological polar surface area (TPSA) is 49.4 Å². The summed E-state index contributed by atoms with van der Waals surface area (Å²) >= 11 is 3.48. The molecule has 0 bridgehead atoms. The molecule has 2 aromatic carbocycles. The number of carbonyl (C=O) groups is 2. The van der Waals surface area contributed by atoms with E-state index in [1.807, 2.05) is 56.3 Å². The Labute approximate surface area is 176 Å². The zero-order chi connectivity index (χ0) is 20.7. The Hall–Kier alpha value is -2.14. The molecule has 2 amide bonds. The number of halogens is 1. The molecular formula is C23H29BrN2O2. The van der Waals surface area contributed by atoms with Crippen LogP contribution in [-0.4, -0.2) is 29.3 Å². The zero-order valence-corrected chi connectivity index (χ0v) is 18.7. The SMILES string of the molecule is CCCNC(=O)[C@@H](C)N(Cc1cccc(Br)c1)C(=O)Cc1ccc(C)c(C)c1. The fraction of sp³-hybridized carbons (Fsp3) is 0.391. The number of hydrogen-bond donors (Lipinski definition) is 1. The molecule has 0 aliphatic rings. The summed E-state index contributed by atoms with van der Waals surface area (Å²) in [7, 11) is 0. The van der Waals surface area contributed by atoms with Crippen molar-refractivity contribution in [1.29, 1.82) is 0 Å². The summed E-state index contributed by atoms with van der Waals surface area (Å²) in [6, 6.07) is 13.4. The number of aryl methyl sites for hydroxylation is 2. The van der Waals surface area contributed by atoms with Crippen LogP contribution < -0.4 is 5.32 Å². The number of amides is 2. The van der Waals surface area contributed by atoms with Gasteiger partial charge < -0.3 is 10.2 Å². The van der Waals surface area contributed by atoms with Gasteiger partial charge in [-0.15, -0.1) is 0 Å². The van der Waals surface area contributed by atoms with Crippen LogP contribution in [0, 0.1) is 13.8 Å². The lowest BCUT2D eigenvalue weighted by Gasteiger charge is -2.29.